The van der Waals surface area contributed by atoms with E-state index < -0.39 is 0 Å². The van der Waals surface area contributed by atoms with Crippen LogP contribution in [0.3, 0.4) is 0 Å². The molecule has 102 valence electrons. The van der Waals surface area contributed by atoms with E-state index in [0.717, 1.165) is 17.7 Å². The Hall–Kier alpha value is -1.39. The van der Waals surface area contributed by atoms with Crippen molar-refractivity contribution >= 4 is 11.6 Å². The Balaban J connectivity index is 1.85. The number of rotatable bonds is 4. The summed E-state index contributed by atoms with van der Waals surface area (Å²) in [6, 6.07) is 6.73. The standard InChI is InChI=1S/C15H20N2O2/c1-17-14-6-2-10(8-11(14)3-7-15(17)19)13(9-18)16-12-4-5-12/h2,6,8,12-13,16,18H,3-5,7,9H2,1H3. The number of anilines is 1. The van der Waals surface area contributed by atoms with Crippen molar-refractivity contribution in [2.75, 3.05) is 18.6 Å². The molecule has 1 aliphatic heterocycles. The normalized spacial score (nSPS) is 20.3. The number of hydrogen-bond donors (Lipinski definition) is 2. The largest absolute Gasteiger partial charge is 0.394 e. The van der Waals surface area contributed by atoms with Gasteiger partial charge in [-0.1, -0.05) is 12.1 Å². The fourth-order valence-corrected chi connectivity index (χ4v) is 2.68. The molecular weight excluding hydrogens is 240 g/mol. The van der Waals surface area contributed by atoms with Gasteiger partial charge in [0.25, 0.3) is 0 Å². The van der Waals surface area contributed by atoms with Crippen LogP contribution in [0.5, 0.6) is 0 Å². The van der Waals surface area contributed by atoms with Crippen LogP contribution in [0.1, 0.15) is 36.4 Å². The smallest absolute Gasteiger partial charge is 0.227 e. The second kappa shape index (κ2) is 4.94. The van der Waals surface area contributed by atoms with Gasteiger partial charge in [-0.15, -0.1) is 0 Å². The monoisotopic (exact) mass is 260 g/mol. The summed E-state index contributed by atoms with van der Waals surface area (Å²) < 4.78 is 0. The van der Waals surface area contributed by atoms with Crippen molar-refractivity contribution in [2.45, 2.75) is 37.8 Å². The molecular formula is C15H20N2O2. The lowest BCUT2D eigenvalue weighted by Crippen LogP contribution is -2.31. The highest BCUT2D eigenvalue weighted by molar-refractivity contribution is 5.95. The van der Waals surface area contributed by atoms with E-state index in [4.69, 9.17) is 0 Å². The molecule has 1 unspecified atom stereocenters. The number of benzene rings is 1. The molecule has 4 nitrogen and oxygen atoms in total. The Morgan fingerprint density at radius 3 is 2.89 bits per heavy atom. The fraction of sp³-hybridized carbons (Fsp3) is 0.533. The number of aryl methyl sites for hydroxylation is 1. The summed E-state index contributed by atoms with van der Waals surface area (Å²) in [5, 5.41) is 13.0. The second-order valence-electron chi connectivity index (χ2n) is 5.52. The number of nitrogens with one attached hydrogen (secondary N) is 1. The fourth-order valence-electron chi connectivity index (χ4n) is 2.68. The molecule has 1 aliphatic carbocycles. The van der Waals surface area contributed by atoms with Crippen LogP contribution in [0, 0.1) is 0 Å². The van der Waals surface area contributed by atoms with Crippen molar-refractivity contribution in [2.24, 2.45) is 0 Å². The maximum absolute atomic E-state index is 11.7. The molecule has 0 radical (unpaired) electrons. The number of amides is 1. The quantitative estimate of drug-likeness (QED) is 0.860. The summed E-state index contributed by atoms with van der Waals surface area (Å²) in [5.41, 5.74) is 3.33. The number of aliphatic hydroxyl groups is 1. The van der Waals surface area contributed by atoms with Crippen molar-refractivity contribution in [3.05, 3.63) is 29.3 Å². The molecule has 19 heavy (non-hydrogen) atoms. The van der Waals surface area contributed by atoms with E-state index >= 15 is 0 Å². The molecule has 3 rings (SSSR count). The molecule has 0 aromatic heterocycles. The van der Waals surface area contributed by atoms with Crippen LogP contribution in [0.2, 0.25) is 0 Å². The predicted octanol–water partition coefficient (Wildman–Crippen LogP) is 1.38. The molecule has 1 aromatic carbocycles. The molecule has 0 spiro atoms. The van der Waals surface area contributed by atoms with Crippen molar-refractivity contribution in [1.29, 1.82) is 0 Å². The van der Waals surface area contributed by atoms with Gasteiger partial charge in [-0.3, -0.25) is 4.79 Å². The van der Waals surface area contributed by atoms with Gasteiger partial charge in [-0.25, -0.2) is 0 Å². The van der Waals surface area contributed by atoms with Crippen molar-refractivity contribution in [3.63, 3.8) is 0 Å². The molecule has 1 heterocycles. The molecule has 4 heteroatoms. The van der Waals surface area contributed by atoms with E-state index in [1.807, 2.05) is 19.2 Å². The number of carbonyl (C=O) groups is 1. The Labute approximate surface area is 113 Å². The zero-order chi connectivity index (χ0) is 13.4. The van der Waals surface area contributed by atoms with E-state index in [2.05, 4.69) is 11.4 Å². The van der Waals surface area contributed by atoms with Crippen LogP contribution in [-0.2, 0) is 11.2 Å². The summed E-state index contributed by atoms with van der Waals surface area (Å²) in [4.78, 5) is 13.4. The third-order valence-corrected chi connectivity index (χ3v) is 4.05. The van der Waals surface area contributed by atoms with E-state index in [1.54, 1.807) is 4.90 Å². The maximum atomic E-state index is 11.7. The average Bonchev–Trinajstić information content (AvgIpc) is 3.24. The van der Waals surface area contributed by atoms with E-state index in [1.165, 1.54) is 18.4 Å². The lowest BCUT2D eigenvalue weighted by atomic mass is 9.96. The number of hydrogen-bond acceptors (Lipinski definition) is 3. The average molecular weight is 260 g/mol. The first-order valence-electron chi connectivity index (χ1n) is 6.95. The van der Waals surface area contributed by atoms with E-state index in [9.17, 15) is 9.90 Å². The van der Waals surface area contributed by atoms with Crippen LogP contribution in [-0.4, -0.2) is 30.7 Å². The SMILES string of the molecule is CN1C(=O)CCc2cc(C(CO)NC3CC3)ccc21. The molecule has 2 N–H and O–H groups in total. The Morgan fingerprint density at radius 1 is 1.42 bits per heavy atom. The first-order valence-corrected chi connectivity index (χ1v) is 6.95. The van der Waals surface area contributed by atoms with E-state index in [-0.39, 0.29) is 18.6 Å². The van der Waals surface area contributed by atoms with Crippen LogP contribution in [0.15, 0.2) is 18.2 Å². The molecule has 1 saturated carbocycles. The Morgan fingerprint density at radius 2 is 2.21 bits per heavy atom. The summed E-state index contributed by atoms with van der Waals surface area (Å²) in [5.74, 6) is 0.176. The second-order valence-corrected chi connectivity index (χ2v) is 5.52. The van der Waals surface area contributed by atoms with Gasteiger partial charge in [0.05, 0.1) is 12.6 Å². The molecule has 0 saturated heterocycles. The van der Waals surface area contributed by atoms with Gasteiger partial charge in [0.2, 0.25) is 5.91 Å². The number of carbonyl (C=O) groups excluding carboxylic acids is 1. The van der Waals surface area contributed by atoms with Crippen LogP contribution in [0.4, 0.5) is 5.69 Å². The van der Waals surface area contributed by atoms with Crippen LogP contribution >= 0.6 is 0 Å². The summed E-state index contributed by atoms with van der Waals surface area (Å²) in [6.45, 7) is 0.115. The first kappa shape index (κ1) is 12.6. The Kier molecular flexibility index (Phi) is 3.29. The van der Waals surface area contributed by atoms with Crippen LogP contribution < -0.4 is 10.2 Å². The molecule has 1 atom stereocenters. The summed E-state index contributed by atoms with van der Waals surface area (Å²) in [6.07, 6.45) is 3.79. The van der Waals surface area contributed by atoms with Crippen molar-refractivity contribution < 1.29 is 9.90 Å². The van der Waals surface area contributed by atoms with Gasteiger partial charge in [-0.05, 0) is 36.5 Å². The van der Waals surface area contributed by atoms with Gasteiger partial charge in [0, 0.05) is 25.2 Å². The number of aliphatic hydroxyl groups excluding tert-OH is 1. The lowest BCUT2D eigenvalue weighted by Gasteiger charge is -2.27. The van der Waals surface area contributed by atoms with Gasteiger partial charge < -0.3 is 15.3 Å². The van der Waals surface area contributed by atoms with E-state index in [0.29, 0.717) is 12.5 Å². The minimum Gasteiger partial charge on any atom is -0.394 e. The maximum Gasteiger partial charge on any atom is 0.227 e. The summed E-state index contributed by atoms with van der Waals surface area (Å²) >= 11 is 0. The summed E-state index contributed by atoms with van der Waals surface area (Å²) in [7, 11) is 1.83. The Bertz CT molecular complexity index is 497. The topological polar surface area (TPSA) is 52.6 Å². The zero-order valence-corrected chi connectivity index (χ0v) is 11.2. The highest BCUT2D eigenvalue weighted by Gasteiger charge is 2.26. The number of nitrogens with zero attached hydrogens (tertiary/aromatic N) is 1. The minimum absolute atomic E-state index is 0.0146. The zero-order valence-electron chi connectivity index (χ0n) is 11.2. The third kappa shape index (κ3) is 2.51. The molecule has 1 aromatic rings. The first-order chi connectivity index (χ1) is 9.19. The van der Waals surface area contributed by atoms with Crippen molar-refractivity contribution in [1.82, 2.24) is 5.32 Å². The molecule has 1 amide bonds. The lowest BCUT2D eigenvalue weighted by molar-refractivity contribution is -0.118. The van der Waals surface area contributed by atoms with Gasteiger partial charge in [0.1, 0.15) is 0 Å². The van der Waals surface area contributed by atoms with Crippen molar-refractivity contribution in [3.8, 4) is 0 Å². The molecule has 1 fully saturated rings. The van der Waals surface area contributed by atoms with Gasteiger partial charge in [-0.2, -0.15) is 0 Å². The minimum atomic E-state index is 0.0146. The highest BCUT2D eigenvalue weighted by atomic mass is 16.3. The predicted molar refractivity (Wildman–Crippen MR) is 74.2 cm³/mol. The van der Waals surface area contributed by atoms with Crippen LogP contribution in [0.25, 0.3) is 0 Å². The number of fused-ring (bicyclic) bond motifs is 1. The van der Waals surface area contributed by atoms with Gasteiger partial charge in [0.15, 0.2) is 0 Å². The molecule has 0 bridgehead atoms. The third-order valence-electron chi connectivity index (χ3n) is 4.05. The highest BCUT2D eigenvalue weighted by Crippen LogP contribution is 2.30. The molecule has 2 aliphatic rings. The van der Waals surface area contributed by atoms with Gasteiger partial charge >= 0.3 is 0 Å².